The Labute approximate surface area is 66.9 Å². The van der Waals surface area contributed by atoms with Gasteiger partial charge in [0.15, 0.2) is 0 Å². The zero-order valence-electron chi connectivity index (χ0n) is 5.94. The largest absolute Gasteiger partial charge is 0.330 e. The van der Waals surface area contributed by atoms with Crippen LogP contribution in [0.4, 0.5) is 0 Å². The number of halogens is 1. The van der Waals surface area contributed by atoms with Crippen molar-refractivity contribution in [1.29, 1.82) is 0 Å². The highest BCUT2D eigenvalue weighted by atomic mass is 35.5. The van der Waals surface area contributed by atoms with Gasteiger partial charge in [-0.25, -0.2) is 0 Å². The molecule has 0 bridgehead atoms. The van der Waals surface area contributed by atoms with Crippen LogP contribution in [0.5, 0.6) is 0 Å². The van der Waals surface area contributed by atoms with E-state index in [-0.39, 0.29) is 0 Å². The Hall–Kier alpha value is -0.530. The fraction of sp³-hybridized carbons (Fsp3) is 0.250. The number of nitrogens with two attached hydrogens (primary N) is 1. The van der Waals surface area contributed by atoms with Crippen LogP contribution in [0.25, 0.3) is 0 Å². The van der Waals surface area contributed by atoms with E-state index in [0.717, 1.165) is 12.0 Å². The van der Waals surface area contributed by atoms with Crippen LogP contribution in [0.3, 0.4) is 0 Å². The third kappa shape index (κ3) is 2.85. The lowest BCUT2D eigenvalue weighted by Gasteiger charge is -1.99. The average Bonchev–Trinajstić information content (AvgIpc) is 1.99. The van der Waals surface area contributed by atoms with Gasteiger partial charge in [0, 0.05) is 5.03 Å². The molecule has 0 aromatic heterocycles. The first-order valence-corrected chi connectivity index (χ1v) is 3.47. The van der Waals surface area contributed by atoms with E-state index in [4.69, 9.17) is 17.3 Å². The topological polar surface area (TPSA) is 26.0 Å². The maximum atomic E-state index is 5.74. The molecule has 0 spiro atoms. The summed E-state index contributed by atoms with van der Waals surface area (Å²) in [5.41, 5.74) is 6.28. The Morgan fingerprint density at radius 1 is 1.40 bits per heavy atom. The van der Waals surface area contributed by atoms with Gasteiger partial charge in [-0.2, -0.15) is 0 Å². The summed E-state index contributed by atoms with van der Waals surface area (Å²) in [6.07, 6.45) is 4.06. The number of allylic oxidation sites excluding steroid dienone is 3. The second-order valence-corrected chi connectivity index (χ2v) is 2.23. The summed E-state index contributed by atoms with van der Waals surface area (Å²) in [5, 5.41) is 0.639. The van der Waals surface area contributed by atoms with Crippen LogP contribution in [0.1, 0.15) is 6.42 Å². The lowest BCUT2D eigenvalue weighted by Crippen LogP contribution is -1.99. The average molecular weight is 158 g/mol. The number of hydrogen-bond acceptors (Lipinski definition) is 1. The van der Waals surface area contributed by atoms with E-state index in [0.29, 0.717) is 11.6 Å². The molecular formula is C8H12ClN. The standard InChI is InChI=1S/C8H12ClN/c1-3-7(5-6-10)8(9)4-2/h3-4H,1-2,5-6,10H2/b8-7-. The summed E-state index contributed by atoms with van der Waals surface area (Å²) in [6.45, 7) is 7.73. The minimum absolute atomic E-state index is 0.589. The van der Waals surface area contributed by atoms with Gasteiger partial charge in [0.25, 0.3) is 0 Å². The highest BCUT2D eigenvalue weighted by Crippen LogP contribution is 2.13. The highest BCUT2D eigenvalue weighted by molar-refractivity contribution is 6.31. The normalized spacial score (nSPS) is 12.2. The Bertz CT molecular complexity index is 159. The van der Waals surface area contributed by atoms with E-state index in [1.807, 2.05) is 0 Å². The Morgan fingerprint density at radius 3 is 2.30 bits per heavy atom. The van der Waals surface area contributed by atoms with Crippen LogP contribution in [-0.2, 0) is 0 Å². The van der Waals surface area contributed by atoms with Gasteiger partial charge >= 0.3 is 0 Å². The summed E-state index contributed by atoms with van der Waals surface area (Å²) in [5.74, 6) is 0. The van der Waals surface area contributed by atoms with Crippen molar-refractivity contribution in [2.75, 3.05) is 6.54 Å². The van der Waals surface area contributed by atoms with Crippen LogP contribution in [0.2, 0.25) is 0 Å². The summed E-state index contributed by atoms with van der Waals surface area (Å²) in [6, 6.07) is 0. The zero-order valence-corrected chi connectivity index (χ0v) is 6.69. The first-order valence-electron chi connectivity index (χ1n) is 3.09. The first-order chi connectivity index (χ1) is 4.76. The molecule has 0 aromatic carbocycles. The molecule has 0 saturated carbocycles. The second kappa shape index (κ2) is 5.27. The Balaban J connectivity index is 4.28. The van der Waals surface area contributed by atoms with Gasteiger partial charge in [0.1, 0.15) is 0 Å². The maximum Gasteiger partial charge on any atom is 0.0432 e. The molecule has 0 fully saturated rings. The van der Waals surface area contributed by atoms with E-state index >= 15 is 0 Å². The van der Waals surface area contributed by atoms with Crippen molar-refractivity contribution in [2.45, 2.75) is 6.42 Å². The molecule has 0 heterocycles. The quantitative estimate of drug-likeness (QED) is 0.623. The smallest absolute Gasteiger partial charge is 0.0432 e. The minimum atomic E-state index is 0.589. The van der Waals surface area contributed by atoms with Gasteiger partial charge in [0.05, 0.1) is 0 Å². The summed E-state index contributed by atoms with van der Waals surface area (Å²) < 4.78 is 0. The Kier molecular flexibility index (Phi) is 4.99. The van der Waals surface area contributed by atoms with Gasteiger partial charge in [-0.1, -0.05) is 36.9 Å². The van der Waals surface area contributed by atoms with Crippen LogP contribution < -0.4 is 5.73 Å². The molecule has 0 rings (SSSR count). The van der Waals surface area contributed by atoms with Crippen LogP contribution in [-0.4, -0.2) is 6.54 Å². The molecule has 56 valence electrons. The van der Waals surface area contributed by atoms with E-state index in [2.05, 4.69) is 13.2 Å². The van der Waals surface area contributed by atoms with E-state index in [9.17, 15) is 0 Å². The molecule has 2 heteroatoms. The molecule has 0 unspecified atom stereocenters. The molecule has 0 atom stereocenters. The van der Waals surface area contributed by atoms with E-state index in [1.54, 1.807) is 12.2 Å². The van der Waals surface area contributed by atoms with Crippen molar-refractivity contribution in [3.8, 4) is 0 Å². The zero-order chi connectivity index (χ0) is 7.98. The molecule has 10 heavy (non-hydrogen) atoms. The first kappa shape index (κ1) is 9.47. The van der Waals surface area contributed by atoms with Crippen molar-refractivity contribution >= 4 is 11.6 Å². The fourth-order valence-corrected chi connectivity index (χ4v) is 0.777. The maximum absolute atomic E-state index is 5.74. The second-order valence-electron chi connectivity index (χ2n) is 1.82. The summed E-state index contributed by atoms with van der Waals surface area (Å²) >= 11 is 5.74. The molecule has 0 radical (unpaired) electrons. The lowest BCUT2D eigenvalue weighted by atomic mass is 10.2. The van der Waals surface area contributed by atoms with E-state index in [1.165, 1.54) is 0 Å². The number of hydrogen-bond donors (Lipinski definition) is 1. The van der Waals surface area contributed by atoms with Crippen molar-refractivity contribution in [2.24, 2.45) is 5.73 Å². The Morgan fingerprint density at radius 2 is 2.00 bits per heavy atom. The van der Waals surface area contributed by atoms with Crippen molar-refractivity contribution < 1.29 is 0 Å². The van der Waals surface area contributed by atoms with Gasteiger partial charge in [-0.3, -0.25) is 0 Å². The number of rotatable bonds is 4. The molecule has 0 aliphatic heterocycles. The third-order valence-corrected chi connectivity index (χ3v) is 1.54. The monoisotopic (exact) mass is 157 g/mol. The van der Waals surface area contributed by atoms with E-state index < -0.39 is 0 Å². The molecule has 0 amide bonds. The summed E-state index contributed by atoms with van der Waals surface area (Å²) in [4.78, 5) is 0. The molecule has 1 nitrogen and oxygen atoms in total. The molecular weight excluding hydrogens is 146 g/mol. The lowest BCUT2D eigenvalue weighted by molar-refractivity contribution is 0.972. The van der Waals surface area contributed by atoms with Crippen molar-refractivity contribution in [3.05, 3.63) is 35.9 Å². The molecule has 0 saturated heterocycles. The molecule has 2 N–H and O–H groups in total. The van der Waals surface area contributed by atoms with Crippen LogP contribution >= 0.6 is 11.6 Å². The highest BCUT2D eigenvalue weighted by Gasteiger charge is 1.94. The predicted molar refractivity (Wildman–Crippen MR) is 46.9 cm³/mol. The van der Waals surface area contributed by atoms with Gasteiger partial charge in [-0.15, -0.1) is 0 Å². The molecule has 0 aromatic rings. The summed E-state index contributed by atoms with van der Waals surface area (Å²) in [7, 11) is 0. The van der Waals surface area contributed by atoms with Crippen LogP contribution in [0, 0.1) is 0 Å². The SMILES string of the molecule is C=C/C(Cl)=C(\C=C)CCN. The fourth-order valence-electron chi connectivity index (χ4n) is 0.606. The van der Waals surface area contributed by atoms with Gasteiger partial charge in [0.2, 0.25) is 0 Å². The van der Waals surface area contributed by atoms with Crippen LogP contribution in [0.15, 0.2) is 35.9 Å². The van der Waals surface area contributed by atoms with Crippen molar-refractivity contribution in [1.82, 2.24) is 0 Å². The van der Waals surface area contributed by atoms with Crippen molar-refractivity contribution in [3.63, 3.8) is 0 Å². The predicted octanol–water partition coefficient (Wildman–Crippen LogP) is 2.20. The molecule has 0 aliphatic carbocycles. The third-order valence-electron chi connectivity index (χ3n) is 1.15. The molecule has 0 aliphatic rings. The minimum Gasteiger partial charge on any atom is -0.330 e. The van der Waals surface area contributed by atoms with Gasteiger partial charge in [-0.05, 0) is 18.5 Å². The van der Waals surface area contributed by atoms with Gasteiger partial charge < -0.3 is 5.73 Å².